The normalized spacial score (nSPS) is 27.6. The van der Waals surface area contributed by atoms with Gasteiger partial charge in [-0.25, -0.2) is 19.4 Å². The number of thioether (sulfide) groups is 1. The second kappa shape index (κ2) is 10.0. The Kier molecular flexibility index (Phi) is 7.03. The van der Waals surface area contributed by atoms with Gasteiger partial charge in [0, 0.05) is 39.4 Å². The lowest BCUT2D eigenvalue weighted by Crippen LogP contribution is -2.59. The smallest absolute Gasteiger partial charge is 0.353 e. The Morgan fingerprint density at radius 3 is 2.38 bits per heavy atom. The summed E-state index contributed by atoms with van der Waals surface area (Å²) in [6, 6.07) is -0.331. The fraction of sp³-hybridized carbons (Fsp3) is 0.652. The number of esters is 2. The predicted molar refractivity (Wildman–Crippen MR) is 137 cm³/mol. The highest BCUT2D eigenvalue weighted by atomic mass is 32.2. The standard InChI is InChI=1S/C23H28N6O8S2/c1-12-24-16(26-39-12)15(25-37-22(6-5-7-22)19(32)35-3)14(30)10-13-17(31)28-11-23(20(33)36-4,38-18(13)28)29-9-8-27(2)21(29)34/h13,18H,5-11H2,1-4H3/b25-15+/t13-,18-,23-/m1/s1. The van der Waals surface area contributed by atoms with Crippen LogP contribution in [0.2, 0.25) is 0 Å². The first kappa shape index (κ1) is 27.3. The van der Waals surface area contributed by atoms with Gasteiger partial charge in [-0.2, -0.15) is 4.37 Å². The number of methoxy groups -OCH3 is 2. The number of urea groups is 1. The van der Waals surface area contributed by atoms with Crippen molar-refractivity contribution in [3.05, 3.63) is 10.8 Å². The molecule has 0 unspecified atom stereocenters. The van der Waals surface area contributed by atoms with Gasteiger partial charge in [-0.1, -0.05) is 16.9 Å². The van der Waals surface area contributed by atoms with E-state index in [0.717, 1.165) is 29.7 Å². The Morgan fingerprint density at radius 1 is 1.13 bits per heavy atom. The number of nitrogens with zero attached hydrogens (tertiary/aromatic N) is 6. The second-order valence-corrected chi connectivity index (χ2v) is 12.2. The molecule has 3 atom stereocenters. The van der Waals surface area contributed by atoms with Crippen molar-refractivity contribution in [2.24, 2.45) is 11.1 Å². The van der Waals surface area contributed by atoms with Gasteiger partial charge >= 0.3 is 18.0 Å². The van der Waals surface area contributed by atoms with Crippen molar-refractivity contribution in [2.75, 3.05) is 40.9 Å². The molecule has 0 N–H and O–H groups in total. The lowest BCUT2D eigenvalue weighted by molar-refractivity contribution is -0.182. The molecule has 0 spiro atoms. The highest BCUT2D eigenvalue weighted by Crippen LogP contribution is 2.53. The molecule has 1 saturated carbocycles. The van der Waals surface area contributed by atoms with Crippen LogP contribution in [0.5, 0.6) is 0 Å². The zero-order valence-electron chi connectivity index (χ0n) is 21.9. The SMILES string of the molecule is COC(=O)C1(O/N=C(\C(=O)C[C@@H]2C(=O)N3C[C@@](C(=O)OC)(N4CCN(C)C4=O)S[C@H]23)c2nsc(C)n2)CCC1. The van der Waals surface area contributed by atoms with Crippen LogP contribution in [-0.2, 0) is 33.5 Å². The minimum atomic E-state index is -1.40. The van der Waals surface area contributed by atoms with Gasteiger partial charge in [-0.15, -0.1) is 0 Å². The van der Waals surface area contributed by atoms with Crippen LogP contribution < -0.4 is 0 Å². The van der Waals surface area contributed by atoms with Crippen molar-refractivity contribution in [1.82, 2.24) is 24.1 Å². The lowest BCUT2D eigenvalue weighted by Gasteiger charge is -2.41. The third kappa shape index (κ3) is 4.33. The summed E-state index contributed by atoms with van der Waals surface area (Å²) >= 11 is 2.22. The first-order chi connectivity index (χ1) is 18.6. The van der Waals surface area contributed by atoms with E-state index in [1.54, 1.807) is 14.0 Å². The fourth-order valence-corrected chi connectivity index (χ4v) is 7.38. The Hall–Kier alpha value is -3.27. The number of amides is 3. The average Bonchev–Trinajstić information content (AvgIpc) is 3.59. The summed E-state index contributed by atoms with van der Waals surface area (Å²) in [6.07, 6.45) is 1.28. The molecule has 3 saturated heterocycles. The molecule has 1 aliphatic carbocycles. The molecule has 0 bridgehead atoms. The summed E-state index contributed by atoms with van der Waals surface area (Å²) in [4.78, 5) is 77.5. The monoisotopic (exact) mass is 580 g/mol. The number of ketones is 1. The minimum absolute atomic E-state index is 0.0311. The third-order valence-corrected chi connectivity index (χ3v) is 9.90. The zero-order valence-corrected chi connectivity index (χ0v) is 23.5. The molecule has 14 nitrogen and oxygen atoms in total. The van der Waals surface area contributed by atoms with E-state index in [9.17, 15) is 24.0 Å². The quantitative estimate of drug-likeness (QED) is 0.172. The molecular weight excluding hydrogens is 552 g/mol. The van der Waals surface area contributed by atoms with Crippen molar-refractivity contribution in [3.8, 4) is 0 Å². The summed E-state index contributed by atoms with van der Waals surface area (Å²) in [5, 5.41) is 4.09. The number of oxime groups is 1. The number of Topliss-reactive ketones (excluding diaryl/α,β-unsaturated/α-hetero) is 1. The number of carbonyl (C=O) groups excluding carboxylic acids is 5. The van der Waals surface area contributed by atoms with Gasteiger partial charge in [0.1, 0.15) is 5.01 Å². The molecule has 3 amide bonds. The molecule has 0 radical (unpaired) electrons. The van der Waals surface area contributed by atoms with Crippen molar-refractivity contribution < 1.29 is 38.3 Å². The first-order valence-corrected chi connectivity index (χ1v) is 14.0. The number of hydrogen-bond donors (Lipinski definition) is 0. The molecule has 210 valence electrons. The molecule has 4 fully saturated rings. The zero-order chi connectivity index (χ0) is 28.1. The van der Waals surface area contributed by atoms with Crippen LogP contribution in [0.15, 0.2) is 5.16 Å². The molecule has 4 aliphatic rings. The van der Waals surface area contributed by atoms with Crippen molar-refractivity contribution in [2.45, 2.75) is 48.5 Å². The van der Waals surface area contributed by atoms with E-state index < -0.39 is 39.5 Å². The highest BCUT2D eigenvalue weighted by molar-refractivity contribution is 8.02. The Bertz CT molecular complexity index is 1260. The van der Waals surface area contributed by atoms with Gasteiger partial charge < -0.3 is 24.1 Å². The molecule has 1 aromatic heterocycles. The molecule has 0 aromatic carbocycles. The molecule has 4 heterocycles. The second-order valence-electron chi connectivity index (χ2n) is 9.85. The van der Waals surface area contributed by atoms with Crippen LogP contribution in [0.4, 0.5) is 4.79 Å². The number of β-lactam (4-membered cyclic amide) rings is 1. The van der Waals surface area contributed by atoms with Crippen LogP contribution in [0, 0.1) is 12.8 Å². The van der Waals surface area contributed by atoms with Gasteiger partial charge in [0.2, 0.25) is 16.4 Å². The fourth-order valence-electron chi connectivity index (χ4n) is 5.14. The Balaban J connectivity index is 1.37. The molecule has 16 heteroatoms. The van der Waals surface area contributed by atoms with Gasteiger partial charge in [0.05, 0.1) is 32.1 Å². The molecule has 5 rings (SSSR count). The van der Waals surface area contributed by atoms with Gasteiger partial charge in [0.15, 0.2) is 17.3 Å². The summed E-state index contributed by atoms with van der Waals surface area (Å²) < 4.78 is 14.1. The van der Waals surface area contributed by atoms with E-state index in [0.29, 0.717) is 30.9 Å². The summed E-state index contributed by atoms with van der Waals surface area (Å²) in [6.45, 7) is 2.43. The number of aromatic nitrogens is 2. The van der Waals surface area contributed by atoms with E-state index in [2.05, 4.69) is 14.5 Å². The summed E-state index contributed by atoms with van der Waals surface area (Å²) in [7, 11) is 4.13. The molecule has 3 aliphatic heterocycles. The van der Waals surface area contributed by atoms with Crippen molar-refractivity contribution in [1.29, 1.82) is 0 Å². The number of aryl methyl sites for hydroxylation is 1. The van der Waals surface area contributed by atoms with E-state index >= 15 is 0 Å². The average molecular weight is 581 g/mol. The number of ether oxygens (including phenoxy) is 2. The predicted octanol–water partition coefficient (Wildman–Crippen LogP) is 0.390. The number of fused-ring (bicyclic) bond motifs is 1. The maximum absolute atomic E-state index is 13.5. The van der Waals surface area contributed by atoms with Crippen LogP contribution in [0.25, 0.3) is 0 Å². The Labute approximate surface area is 232 Å². The summed E-state index contributed by atoms with van der Waals surface area (Å²) in [5.41, 5.74) is -1.47. The third-order valence-electron chi connectivity index (χ3n) is 7.55. The highest BCUT2D eigenvalue weighted by Gasteiger charge is 2.66. The van der Waals surface area contributed by atoms with E-state index in [1.807, 2.05) is 0 Å². The van der Waals surface area contributed by atoms with Crippen LogP contribution >= 0.6 is 23.3 Å². The molecule has 39 heavy (non-hydrogen) atoms. The van der Waals surface area contributed by atoms with Gasteiger partial charge in [-0.05, 0) is 24.9 Å². The van der Waals surface area contributed by atoms with Crippen molar-refractivity contribution in [3.63, 3.8) is 0 Å². The van der Waals surface area contributed by atoms with Crippen LogP contribution in [-0.4, -0.2) is 116 Å². The number of rotatable bonds is 9. The van der Waals surface area contributed by atoms with Crippen LogP contribution in [0.3, 0.4) is 0 Å². The van der Waals surface area contributed by atoms with E-state index in [-0.39, 0.29) is 36.4 Å². The number of hydrogen-bond acceptors (Lipinski definition) is 13. The van der Waals surface area contributed by atoms with Gasteiger partial charge in [0.25, 0.3) is 0 Å². The van der Waals surface area contributed by atoms with Crippen molar-refractivity contribution >= 4 is 58.7 Å². The maximum Gasteiger partial charge on any atom is 0.353 e. The van der Waals surface area contributed by atoms with Crippen LogP contribution in [0.1, 0.15) is 36.5 Å². The Morgan fingerprint density at radius 2 is 1.85 bits per heavy atom. The summed E-state index contributed by atoms with van der Waals surface area (Å²) in [5.74, 6) is -2.81. The van der Waals surface area contributed by atoms with Gasteiger partial charge in [-0.3, -0.25) is 14.5 Å². The number of carbonyl (C=O) groups is 5. The van der Waals surface area contributed by atoms with E-state index in [4.69, 9.17) is 14.3 Å². The first-order valence-electron chi connectivity index (χ1n) is 12.3. The topological polar surface area (TPSA) is 161 Å². The minimum Gasteiger partial charge on any atom is -0.467 e. The largest absolute Gasteiger partial charge is 0.467 e. The van der Waals surface area contributed by atoms with E-state index in [1.165, 1.54) is 28.9 Å². The maximum atomic E-state index is 13.5. The molecule has 1 aromatic rings. The molecular formula is C23H28N6O8S2. The lowest BCUT2D eigenvalue weighted by atomic mass is 9.80. The number of likely N-dealkylation sites (N-methyl/N-ethyl adjacent to an activating group) is 1.